The van der Waals surface area contributed by atoms with Gasteiger partial charge in [-0.1, -0.05) is 18.2 Å². The quantitative estimate of drug-likeness (QED) is 0.239. The van der Waals surface area contributed by atoms with Gasteiger partial charge in [0.05, 0.1) is 41.0 Å². The summed E-state index contributed by atoms with van der Waals surface area (Å²) in [4.78, 5) is 50.7. The third-order valence-corrected chi connectivity index (χ3v) is 9.42. The average Bonchev–Trinajstić information content (AvgIpc) is 3.72. The normalized spacial score (nSPS) is 17.0. The van der Waals surface area contributed by atoms with Gasteiger partial charge in [-0.3, -0.25) is 19.1 Å². The van der Waals surface area contributed by atoms with Gasteiger partial charge in [-0.05, 0) is 44.9 Å². The van der Waals surface area contributed by atoms with E-state index in [9.17, 15) is 14.4 Å². The van der Waals surface area contributed by atoms with Crippen molar-refractivity contribution in [2.75, 3.05) is 42.7 Å². The summed E-state index contributed by atoms with van der Waals surface area (Å²) >= 11 is 0. The smallest absolute Gasteiger partial charge is 0.272 e. The molecule has 0 radical (unpaired) electrons. The lowest BCUT2D eigenvalue weighted by molar-refractivity contribution is -0.117. The van der Waals surface area contributed by atoms with E-state index in [1.165, 1.54) is 7.05 Å². The fourth-order valence-corrected chi connectivity index (χ4v) is 6.61. The van der Waals surface area contributed by atoms with Gasteiger partial charge in [0, 0.05) is 56.4 Å². The van der Waals surface area contributed by atoms with Crippen molar-refractivity contribution in [1.82, 2.24) is 39.6 Å². The molecule has 4 aromatic heterocycles. The lowest BCUT2D eigenvalue weighted by Crippen LogP contribution is -2.52. The van der Waals surface area contributed by atoms with Crippen molar-refractivity contribution in [2.45, 2.75) is 38.8 Å². The third-order valence-electron chi connectivity index (χ3n) is 9.42. The molecule has 2 fully saturated rings. The summed E-state index contributed by atoms with van der Waals surface area (Å²) in [6, 6.07) is 14.7. The number of nitrogens with zero attached hydrogens (tertiary/aromatic N) is 8. The Labute approximate surface area is 276 Å². The Morgan fingerprint density at radius 3 is 2.50 bits per heavy atom. The number of hydrogen-bond acceptors (Lipinski definition) is 9. The maximum absolute atomic E-state index is 13.2. The molecule has 48 heavy (non-hydrogen) atoms. The number of carbonyl (C=O) groups excluding carboxylic acids is 3. The second-order valence-corrected chi connectivity index (χ2v) is 12.7. The topological polar surface area (TPSA) is 155 Å². The van der Waals surface area contributed by atoms with E-state index in [4.69, 9.17) is 5.10 Å². The van der Waals surface area contributed by atoms with Crippen LogP contribution in [0.1, 0.15) is 64.2 Å². The number of anilines is 4. The Kier molecular flexibility index (Phi) is 6.89. The monoisotopic (exact) mass is 645 g/mol. The maximum atomic E-state index is 13.2. The van der Waals surface area contributed by atoms with Gasteiger partial charge in [-0.25, -0.2) is 9.97 Å². The molecule has 14 heteroatoms. The minimum atomic E-state index is -0.335. The van der Waals surface area contributed by atoms with Gasteiger partial charge in [0.25, 0.3) is 11.8 Å². The van der Waals surface area contributed by atoms with Crippen LogP contribution in [-0.2, 0) is 4.79 Å². The predicted octanol–water partition coefficient (Wildman–Crippen LogP) is 3.96. The largest absolute Gasteiger partial charge is 0.364 e. The molecule has 0 spiro atoms. The summed E-state index contributed by atoms with van der Waals surface area (Å²) in [6.07, 6.45) is 3.73. The predicted molar refractivity (Wildman–Crippen MR) is 179 cm³/mol. The number of hydrogen-bond donors (Lipinski definition) is 3. The zero-order valence-corrected chi connectivity index (χ0v) is 27.1. The maximum Gasteiger partial charge on any atom is 0.272 e. The first-order chi connectivity index (χ1) is 23.2. The number of pyridine rings is 1. The highest BCUT2D eigenvalue weighted by atomic mass is 16.2. The molecule has 0 bridgehead atoms. The van der Waals surface area contributed by atoms with Gasteiger partial charge in [0.1, 0.15) is 23.0 Å². The number of para-hydroxylation sites is 1. The molecule has 3 N–H and O–H groups in total. The lowest BCUT2D eigenvalue weighted by atomic mass is 9.93. The van der Waals surface area contributed by atoms with E-state index in [1.54, 1.807) is 27.6 Å². The number of amides is 3. The first-order valence-electron chi connectivity index (χ1n) is 16.1. The molecule has 8 rings (SSSR count). The molecule has 1 atom stereocenters. The number of nitrogens with one attached hydrogen (secondary N) is 3. The number of fused-ring (bicyclic) bond motifs is 4. The zero-order valence-electron chi connectivity index (χ0n) is 27.1. The fourth-order valence-electron chi connectivity index (χ4n) is 6.61. The minimum Gasteiger partial charge on any atom is -0.364 e. The molecular formula is C34H35N11O3. The highest BCUT2D eigenvalue weighted by Crippen LogP contribution is 2.49. The van der Waals surface area contributed by atoms with Crippen LogP contribution in [0.3, 0.4) is 0 Å². The van der Waals surface area contributed by atoms with E-state index in [1.807, 2.05) is 42.1 Å². The number of likely N-dealkylation sites (tertiary alicyclic amines) is 1. The lowest BCUT2D eigenvalue weighted by Gasteiger charge is -2.42. The molecule has 244 valence electrons. The van der Waals surface area contributed by atoms with Crippen LogP contribution in [-0.4, -0.2) is 79.2 Å². The highest BCUT2D eigenvalue weighted by molar-refractivity contribution is 5.97. The van der Waals surface area contributed by atoms with Crippen LogP contribution in [0.4, 0.5) is 23.0 Å². The average molecular weight is 646 g/mol. The van der Waals surface area contributed by atoms with Crippen LogP contribution < -0.4 is 20.9 Å². The Bertz CT molecular complexity index is 2130. The van der Waals surface area contributed by atoms with Crippen LogP contribution in [0.25, 0.3) is 16.8 Å². The molecule has 1 saturated carbocycles. The Morgan fingerprint density at radius 2 is 1.73 bits per heavy atom. The summed E-state index contributed by atoms with van der Waals surface area (Å²) in [5, 5.41) is 18.6. The molecule has 3 amide bonds. The van der Waals surface area contributed by atoms with Gasteiger partial charge in [0.15, 0.2) is 5.65 Å². The molecule has 1 aromatic carbocycles. The summed E-state index contributed by atoms with van der Waals surface area (Å²) in [5.74, 6) is 0.681. The molecule has 6 heterocycles. The van der Waals surface area contributed by atoms with E-state index in [0.717, 1.165) is 46.7 Å². The van der Waals surface area contributed by atoms with Crippen LogP contribution in [0, 0.1) is 12.8 Å². The van der Waals surface area contributed by atoms with Crippen LogP contribution >= 0.6 is 0 Å². The Hall–Kier alpha value is -5.79. The fraction of sp³-hybridized carbons (Fsp3) is 0.324. The second kappa shape index (κ2) is 11.2. The van der Waals surface area contributed by atoms with Crippen molar-refractivity contribution in [3.63, 3.8) is 0 Å². The van der Waals surface area contributed by atoms with E-state index >= 15 is 0 Å². The van der Waals surface area contributed by atoms with Crippen LogP contribution in [0.5, 0.6) is 0 Å². The highest BCUT2D eigenvalue weighted by Gasteiger charge is 2.39. The number of aromatic nitrogens is 6. The number of carbonyl (C=O) groups is 3. The molecule has 1 aliphatic carbocycles. The van der Waals surface area contributed by atoms with E-state index in [-0.39, 0.29) is 47.1 Å². The van der Waals surface area contributed by atoms with Gasteiger partial charge < -0.3 is 25.8 Å². The number of benzene rings is 1. The van der Waals surface area contributed by atoms with Gasteiger partial charge in [0.2, 0.25) is 5.91 Å². The summed E-state index contributed by atoms with van der Waals surface area (Å²) in [6.45, 7) is 5.05. The van der Waals surface area contributed by atoms with Crippen molar-refractivity contribution in [3.8, 4) is 11.1 Å². The van der Waals surface area contributed by atoms with E-state index in [2.05, 4.69) is 56.0 Å². The summed E-state index contributed by atoms with van der Waals surface area (Å²) in [5.41, 5.74) is 6.96. The van der Waals surface area contributed by atoms with Crippen molar-refractivity contribution in [1.29, 1.82) is 0 Å². The molecule has 3 aliphatic rings. The first-order valence-corrected chi connectivity index (χ1v) is 16.1. The molecule has 0 unspecified atom stereocenters. The van der Waals surface area contributed by atoms with Crippen LogP contribution in [0.15, 0.2) is 54.7 Å². The second-order valence-electron chi connectivity index (χ2n) is 12.7. The van der Waals surface area contributed by atoms with Crippen molar-refractivity contribution in [3.05, 3.63) is 77.5 Å². The van der Waals surface area contributed by atoms with Crippen LogP contribution in [0.2, 0.25) is 0 Å². The summed E-state index contributed by atoms with van der Waals surface area (Å²) < 4.78 is 3.80. The molecular weight excluding hydrogens is 610 g/mol. The Morgan fingerprint density at radius 1 is 0.958 bits per heavy atom. The van der Waals surface area contributed by atoms with Crippen molar-refractivity contribution < 1.29 is 14.4 Å². The molecule has 2 aliphatic heterocycles. The SMILES string of the molecule is CNC(=O)c1cccc(C(=O)N2CC(n3ncc4c3[C@H](C)N(C)c3c(Nc5cc(NC(=O)C6CC6)nc6cc(C)nn56)cccc3-4)C2)n1. The first kappa shape index (κ1) is 29.6. The molecule has 14 nitrogen and oxygen atoms in total. The minimum absolute atomic E-state index is 0.00457. The molecule has 1 saturated heterocycles. The zero-order chi connectivity index (χ0) is 33.3. The number of rotatable bonds is 7. The standard InChI is InChI=1S/C34H35N11O3/c1-18-13-28-39-27(40-32(46)20-11-12-20)14-29(45(28)41-18)38-24-8-5-7-22-23-15-36-44(30(23)19(2)42(4)31(22)24)21-16-43(17-21)34(48)26-10-6-9-25(37-26)33(47)35-3/h5-10,13-15,19-21,38H,11-12,16-17H2,1-4H3,(H,35,47)(H,39,40,46)/t19-/m0/s1. The van der Waals surface area contributed by atoms with Crippen molar-refractivity contribution >= 4 is 46.4 Å². The van der Waals surface area contributed by atoms with Crippen molar-refractivity contribution in [2.24, 2.45) is 5.92 Å². The van der Waals surface area contributed by atoms with E-state index < -0.39 is 0 Å². The van der Waals surface area contributed by atoms with Gasteiger partial charge in [-0.2, -0.15) is 14.7 Å². The van der Waals surface area contributed by atoms with Gasteiger partial charge >= 0.3 is 0 Å². The van der Waals surface area contributed by atoms with Gasteiger partial charge in [-0.15, -0.1) is 0 Å². The van der Waals surface area contributed by atoms with E-state index in [0.29, 0.717) is 30.4 Å². The summed E-state index contributed by atoms with van der Waals surface area (Å²) in [7, 11) is 3.60. The molecule has 5 aromatic rings. The number of aryl methyl sites for hydroxylation is 1. The Balaban J connectivity index is 1.07. The third kappa shape index (κ3) is 4.91.